The van der Waals surface area contributed by atoms with Gasteiger partial charge in [0.15, 0.2) is 0 Å². The number of benzene rings is 1. The second-order valence-corrected chi connectivity index (χ2v) is 3.83. The van der Waals surface area contributed by atoms with Gasteiger partial charge in [-0.1, -0.05) is 18.2 Å². The molecule has 0 radical (unpaired) electrons. The minimum absolute atomic E-state index is 0.793. The molecule has 2 nitrogen and oxygen atoms in total. The van der Waals surface area contributed by atoms with E-state index in [1.165, 1.54) is 0 Å². The average Bonchev–Trinajstić information content (AvgIpc) is 2.45. The zero-order valence-electron chi connectivity index (χ0n) is 7.83. The summed E-state index contributed by atoms with van der Waals surface area (Å²) in [5, 5.41) is 10.9. The highest BCUT2D eigenvalue weighted by molar-refractivity contribution is 5.80. The molecule has 13 heavy (non-hydrogen) atoms. The first-order valence-electron chi connectivity index (χ1n) is 4.38. The molecular weight excluding hydrogens is 162 g/mol. The molecule has 1 heterocycles. The number of aliphatic hydroxyl groups is 1. The Morgan fingerprint density at radius 2 is 1.92 bits per heavy atom. The lowest BCUT2D eigenvalue weighted by atomic mass is 10.1. The molecule has 1 aromatic carbocycles. The highest BCUT2D eigenvalue weighted by Crippen LogP contribution is 2.23. The van der Waals surface area contributed by atoms with Crippen molar-refractivity contribution in [3.05, 3.63) is 36.0 Å². The zero-order valence-corrected chi connectivity index (χ0v) is 7.83. The van der Waals surface area contributed by atoms with Crippen LogP contribution in [0.25, 0.3) is 10.9 Å². The maximum Gasteiger partial charge on any atom is 0.0987 e. The summed E-state index contributed by atoms with van der Waals surface area (Å²) in [4.78, 5) is 3.19. The normalized spacial score (nSPS) is 12.2. The van der Waals surface area contributed by atoms with Gasteiger partial charge in [0.2, 0.25) is 0 Å². The van der Waals surface area contributed by atoms with Crippen molar-refractivity contribution >= 4 is 10.9 Å². The van der Waals surface area contributed by atoms with E-state index in [9.17, 15) is 5.11 Å². The van der Waals surface area contributed by atoms with E-state index in [-0.39, 0.29) is 0 Å². The predicted octanol–water partition coefficient (Wildman–Crippen LogP) is 2.40. The van der Waals surface area contributed by atoms with Gasteiger partial charge in [-0.25, -0.2) is 0 Å². The van der Waals surface area contributed by atoms with E-state index in [4.69, 9.17) is 0 Å². The maximum atomic E-state index is 9.76. The molecule has 0 aliphatic rings. The van der Waals surface area contributed by atoms with Crippen LogP contribution < -0.4 is 0 Å². The van der Waals surface area contributed by atoms with Crippen molar-refractivity contribution in [1.29, 1.82) is 0 Å². The number of aromatic nitrogens is 1. The van der Waals surface area contributed by atoms with Crippen LogP contribution in [0.15, 0.2) is 30.3 Å². The first-order chi connectivity index (χ1) is 6.07. The molecule has 2 heteroatoms. The number of hydrogen-bond donors (Lipinski definition) is 2. The molecule has 68 valence electrons. The Bertz CT molecular complexity index is 390. The van der Waals surface area contributed by atoms with Crippen LogP contribution in [0.1, 0.15) is 19.5 Å². The SMILES string of the molecule is CC(C)(O)c1cc2ccccc2[nH]1. The first kappa shape index (κ1) is 8.32. The molecule has 0 unspecified atom stereocenters. The molecule has 2 rings (SSSR count). The van der Waals surface area contributed by atoms with Crippen LogP contribution in [0.3, 0.4) is 0 Å². The third-order valence-corrected chi connectivity index (χ3v) is 2.19. The molecule has 0 saturated carbocycles. The second-order valence-electron chi connectivity index (χ2n) is 3.83. The van der Waals surface area contributed by atoms with E-state index in [1.807, 2.05) is 30.3 Å². The van der Waals surface area contributed by atoms with Crippen molar-refractivity contribution in [2.24, 2.45) is 0 Å². The quantitative estimate of drug-likeness (QED) is 0.686. The number of hydrogen-bond acceptors (Lipinski definition) is 1. The Morgan fingerprint density at radius 3 is 2.54 bits per heavy atom. The third kappa shape index (κ3) is 1.45. The fraction of sp³-hybridized carbons (Fsp3) is 0.273. The highest BCUT2D eigenvalue weighted by atomic mass is 16.3. The minimum atomic E-state index is -0.793. The lowest BCUT2D eigenvalue weighted by molar-refractivity contribution is 0.0747. The number of para-hydroxylation sites is 1. The van der Waals surface area contributed by atoms with Gasteiger partial charge in [0, 0.05) is 11.2 Å². The van der Waals surface area contributed by atoms with E-state index in [0.717, 1.165) is 16.6 Å². The van der Waals surface area contributed by atoms with Gasteiger partial charge in [0.05, 0.1) is 5.60 Å². The molecule has 0 saturated heterocycles. The van der Waals surface area contributed by atoms with Gasteiger partial charge in [-0.05, 0) is 31.4 Å². The molecular formula is C11H13NO. The summed E-state index contributed by atoms with van der Waals surface area (Å²) in [5.74, 6) is 0. The van der Waals surface area contributed by atoms with Crippen LogP contribution in [0.2, 0.25) is 0 Å². The molecule has 0 atom stereocenters. The Kier molecular flexibility index (Phi) is 1.67. The first-order valence-corrected chi connectivity index (χ1v) is 4.38. The Balaban J connectivity index is 2.63. The largest absolute Gasteiger partial charge is 0.384 e. The number of fused-ring (bicyclic) bond motifs is 1. The Hall–Kier alpha value is -1.28. The Morgan fingerprint density at radius 1 is 1.23 bits per heavy atom. The fourth-order valence-electron chi connectivity index (χ4n) is 1.40. The zero-order chi connectivity index (χ0) is 9.47. The lowest BCUT2D eigenvalue weighted by Gasteiger charge is -2.14. The molecule has 1 aromatic heterocycles. The standard InChI is InChI=1S/C11H13NO/c1-11(2,13)10-7-8-5-3-4-6-9(8)12-10/h3-7,12-13H,1-2H3. The van der Waals surface area contributed by atoms with Crippen LogP contribution in [-0.4, -0.2) is 10.1 Å². The van der Waals surface area contributed by atoms with Crippen molar-refractivity contribution < 1.29 is 5.11 Å². The summed E-state index contributed by atoms with van der Waals surface area (Å²) in [6.45, 7) is 3.55. The van der Waals surface area contributed by atoms with Crippen LogP contribution in [-0.2, 0) is 5.60 Å². The van der Waals surface area contributed by atoms with Crippen LogP contribution in [0, 0.1) is 0 Å². The molecule has 0 fully saturated rings. The summed E-state index contributed by atoms with van der Waals surface area (Å²) in [6.07, 6.45) is 0. The van der Waals surface area contributed by atoms with E-state index in [2.05, 4.69) is 4.98 Å². The van der Waals surface area contributed by atoms with Gasteiger partial charge in [-0.15, -0.1) is 0 Å². The van der Waals surface area contributed by atoms with E-state index >= 15 is 0 Å². The average molecular weight is 175 g/mol. The van der Waals surface area contributed by atoms with Crippen molar-refractivity contribution in [2.45, 2.75) is 19.4 Å². The molecule has 0 amide bonds. The van der Waals surface area contributed by atoms with Crippen molar-refractivity contribution in [1.82, 2.24) is 4.98 Å². The van der Waals surface area contributed by atoms with E-state index < -0.39 is 5.60 Å². The van der Waals surface area contributed by atoms with Gasteiger partial charge in [0.25, 0.3) is 0 Å². The summed E-state index contributed by atoms with van der Waals surface area (Å²) < 4.78 is 0. The molecule has 0 aliphatic carbocycles. The monoisotopic (exact) mass is 175 g/mol. The number of nitrogens with one attached hydrogen (secondary N) is 1. The van der Waals surface area contributed by atoms with Crippen LogP contribution >= 0.6 is 0 Å². The molecule has 0 aliphatic heterocycles. The lowest BCUT2D eigenvalue weighted by Crippen LogP contribution is -2.15. The number of H-pyrrole nitrogens is 1. The summed E-state index contributed by atoms with van der Waals surface area (Å²) in [6, 6.07) is 9.98. The summed E-state index contributed by atoms with van der Waals surface area (Å²) in [5.41, 5.74) is 1.13. The fourth-order valence-corrected chi connectivity index (χ4v) is 1.40. The van der Waals surface area contributed by atoms with Gasteiger partial charge in [-0.3, -0.25) is 0 Å². The van der Waals surface area contributed by atoms with Gasteiger partial charge < -0.3 is 10.1 Å². The number of rotatable bonds is 1. The van der Waals surface area contributed by atoms with Crippen molar-refractivity contribution in [3.63, 3.8) is 0 Å². The van der Waals surface area contributed by atoms with Gasteiger partial charge >= 0.3 is 0 Å². The molecule has 2 N–H and O–H groups in total. The second kappa shape index (κ2) is 2.60. The van der Waals surface area contributed by atoms with Gasteiger partial charge in [0.1, 0.15) is 0 Å². The van der Waals surface area contributed by atoms with Crippen LogP contribution in [0.4, 0.5) is 0 Å². The summed E-state index contributed by atoms with van der Waals surface area (Å²) in [7, 11) is 0. The minimum Gasteiger partial charge on any atom is -0.384 e. The third-order valence-electron chi connectivity index (χ3n) is 2.19. The smallest absolute Gasteiger partial charge is 0.0987 e. The Labute approximate surface area is 77.2 Å². The highest BCUT2D eigenvalue weighted by Gasteiger charge is 2.17. The summed E-state index contributed by atoms with van der Waals surface area (Å²) >= 11 is 0. The van der Waals surface area contributed by atoms with Crippen molar-refractivity contribution in [3.8, 4) is 0 Å². The topological polar surface area (TPSA) is 36.0 Å². The predicted molar refractivity (Wildman–Crippen MR) is 53.5 cm³/mol. The molecule has 0 bridgehead atoms. The molecule has 2 aromatic rings. The van der Waals surface area contributed by atoms with E-state index in [1.54, 1.807) is 13.8 Å². The maximum absolute atomic E-state index is 9.76. The molecule has 0 spiro atoms. The number of aromatic amines is 1. The van der Waals surface area contributed by atoms with Crippen LogP contribution in [0.5, 0.6) is 0 Å². The van der Waals surface area contributed by atoms with E-state index in [0.29, 0.717) is 0 Å². The van der Waals surface area contributed by atoms with Gasteiger partial charge in [-0.2, -0.15) is 0 Å². The van der Waals surface area contributed by atoms with Crippen molar-refractivity contribution in [2.75, 3.05) is 0 Å².